The molecule has 0 saturated carbocycles. The number of aromatic nitrogens is 2. The van der Waals surface area contributed by atoms with E-state index in [4.69, 9.17) is 28.3 Å². The molecule has 130 valence electrons. The third-order valence-corrected chi connectivity index (χ3v) is 3.22. The minimum Gasteiger partial charge on any atom is -0.395 e. The van der Waals surface area contributed by atoms with Crippen molar-refractivity contribution in [3.8, 4) is 0 Å². The Bertz CT molecular complexity index is 714. The zero-order chi connectivity index (χ0) is 17.7. The van der Waals surface area contributed by atoms with Gasteiger partial charge in [0, 0.05) is 17.6 Å². The minimum absolute atomic E-state index is 0.0111. The van der Waals surface area contributed by atoms with Gasteiger partial charge in [-0.2, -0.15) is 18.2 Å². The van der Waals surface area contributed by atoms with Gasteiger partial charge in [-0.05, 0) is 18.2 Å². The molecule has 1 aromatic heterocycles. The van der Waals surface area contributed by atoms with Gasteiger partial charge in [0.15, 0.2) is 11.5 Å². The number of halogens is 5. The van der Waals surface area contributed by atoms with Crippen molar-refractivity contribution in [1.82, 2.24) is 9.97 Å². The molecule has 0 bridgehead atoms. The summed E-state index contributed by atoms with van der Waals surface area (Å²) in [6.07, 6.45) is -4.65. The van der Waals surface area contributed by atoms with Crippen LogP contribution in [0, 0.1) is 0 Å². The fraction of sp³-hybridized carbons (Fsp3) is 0.231. The predicted octanol–water partition coefficient (Wildman–Crippen LogP) is 3.65. The van der Waals surface area contributed by atoms with E-state index in [-0.39, 0.29) is 29.9 Å². The summed E-state index contributed by atoms with van der Waals surface area (Å²) in [5, 5.41) is 11.9. The Morgan fingerprint density at radius 1 is 1.08 bits per heavy atom. The van der Waals surface area contributed by atoms with Crippen molar-refractivity contribution in [2.75, 3.05) is 29.3 Å². The molecule has 0 aliphatic heterocycles. The largest absolute Gasteiger partial charge is 0.433 e. The zero-order valence-electron chi connectivity index (χ0n) is 12.0. The van der Waals surface area contributed by atoms with Gasteiger partial charge in [0.2, 0.25) is 5.95 Å². The van der Waals surface area contributed by atoms with Crippen LogP contribution < -0.4 is 16.2 Å². The Hall–Kier alpha value is -1.97. The number of hydrogen-bond acceptors (Lipinski definition) is 6. The number of nitrogens with zero attached hydrogens (tertiary/aromatic N) is 2. The van der Waals surface area contributed by atoms with Crippen molar-refractivity contribution >= 4 is 40.7 Å². The summed E-state index contributed by atoms with van der Waals surface area (Å²) in [5.41, 5.74) is 4.43. The minimum atomic E-state index is -4.65. The molecule has 2 aromatic rings. The summed E-state index contributed by atoms with van der Waals surface area (Å²) in [6, 6.07) is 5.32. The number of rotatable bonds is 6. The zero-order valence-corrected chi connectivity index (χ0v) is 13.5. The first kappa shape index (κ1) is 18.4. The highest BCUT2D eigenvalue weighted by Gasteiger charge is 2.33. The van der Waals surface area contributed by atoms with Crippen molar-refractivity contribution in [3.05, 3.63) is 40.0 Å². The Balaban J connectivity index is 2.21. The van der Waals surface area contributed by atoms with Crippen LogP contribution >= 0.6 is 23.2 Å². The molecular weight excluding hydrogens is 370 g/mol. The number of hydrazine groups is 1. The Kier molecular flexibility index (Phi) is 5.92. The van der Waals surface area contributed by atoms with Crippen LogP contribution in [0.1, 0.15) is 5.69 Å². The van der Waals surface area contributed by atoms with E-state index >= 15 is 0 Å². The van der Waals surface area contributed by atoms with Gasteiger partial charge in [-0.25, -0.2) is 4.98 Å². The van der Waals surface area contributed by atoms with E-state index in [0.29, 0.717) is 10.7 Å². The van der Waals surface area contributed by atoms with Crippen LogP contribution in [0.4, 0.5) is 30.6 Å². The highest BCUT2D eigenvalue weighted by molar-refractivity contribution is 6.36. The molecule has 0 saturated heterocycles. The summed E-state index contributed by atoms with van der Waals surface area (Å²) in [5.74, 6) is -0.408. The molecular formula is C13H12Cl2F3N5O. The normalized spacial score (nSPS) is 11.2. The SMILES string of the molecule is OCCNc1nc(NNc2ccc(Cl)cc2Cl)cc(C(F)(F)F)n1. The second kappa shape index (κ2) is 7.73. The molecule has 0 aliphatic rings. The highest BCUT2D eigenvalue weighted by atomic mass is 35.5. The molecule has 1 aromatic carbocycles. The Morgan fingerprint density at radius 3 is 2.46 bits per heavy atom. The quantitative estimate of drug-likeness (QED) is 0.571. The lowest BCUT2D eigenvalue weighted by Crippen LogP contribution is -2.17. The monoisotopic (exact) mass is 381 g/mol. The van der Waals surface area contributed by atoms with Crippen LogP contribution in [0.15, 0.2) is 24.3 Å². The summed E-state index contributed by atoms with van der Waals surface area (Å²) in [4.78, 5) is 7.23. The maximum atomic E-state index is 12.9. The topological polar surface area (TPSA) is 82.1 Å². The summed E-state index contributed by atoms with van der Waals surface area (Å²) < 4.78 is 38.7. The van der Waals surface area contributed by atoms with Crippen LogP contribution in [-0.2, 0) is 6.18 Å². The maximum Gasteiger partial charge on any atom is 0.433 e. The first-order valence-electron chi connectivity index (χ1n) is 6.57. The average Bonchev–Trinajstić information content (AvgIpc) is 2.51. The van der Waals surface area contributed by atoms with Gasteiger partial charge in [0.25, 0.3) is 0 Å². The van der Waals surface area contributed by atoms with E-state index in [1.165, 1.54) is 6.07 Å². The molecule has 1 heterocycles. The molecule has 2 rings (SSSR count). The number of aliphatic hydroxyl groups is 1. The number of aliphatic hydroxyl groups excluding tert-OH is 1. The molecule has 0 aliphatic carbocycles. The number of hydrogen-bond donors (Lipinski definition) is 4. The first-order valence-corrected chi connectivity index (χ1v) is 7.33. The van der Waals surface area contributed by atoms with E-state index in [9.17, 15) is 13.2 Å². The first-order chi connectivity index (χ1) is 11.3. The summed E-state index contributed by atoms with van der Waals surface area (Å²) in [7, 11) is 0. The molecule has 11 heteroatoms. The second-order valence-corrected chi connectivity index (χ2v) is 5.33. The lowest BCUT2D eigenvalue weighted by atomic mass is 10.3. The molecule has 0 fully saturated rings. The maximum absolute atomic E-state index is 12.9. The number of anilines is 3. The van der Waals surface area contributed by atoms with Crippen LogP contribution in [0.3, 0.4) is 0 Å². The van der Waals surface area contributed by atoms with Crippen molar-refractivity contribution in [3.63, 3.8) is 0 Å². The summed E-state index contributed by atoms with van der Waals surface area (Å²) >= 11 is 11.7. The van der Waals surface area contributed by atoms with Crippen molar-refractivity contribution in [2.45, 2.75) is 6.18 Å². The fourth-order valence-corrected chi connectivity index (χ4v) is 2.08. The Labute approximate surface area is 145 Å². The van der Waals surface area contributed by atoms with Crippen LogP contribution in [-0.4, -0.2) is 28.2 Å². The predicted molar refractivity (Wildman–Crippen MR) is 86.3 cm³/mol. The van der Waals surface area contributed by atoms with Crippen molar-refractivity contribution < 1.29 is 18.3 Å². The van der Waals surface area contributed by atoms with E-state index < -0.39 is 11.9 Å². The van der Waals surface area contributed by atoms with Gasteiger partial charge in [-0.15, -0.1) is 0 Å². The van der Waals surface area contributed by atoms with E-state index in [2.05, 4.69) is 26.1 Å². The molecule has 0 atom stereocenters. The molecule has 4 N–H and O–H groups in total. The molecule has 0 radical (unpaired) electrons. The molecule has 0 spiro atoms. The van der Waals surface area contributed by atoms with Gasteiger partial charge in [-0.3, -0.25) is 10.9 Å². The van der Waals surface area contributed by atoms with Gasteiger partial charge in [-0.1, -0.05) is 23.2 Å². The standard InChI is InChI=1S/C13H12Cl2F3N5O/c14-7-1-2-9(8(15)5-7)22-23-11-6-10(13(16,17)18)20-12(21-11)19-3-4-24/h1-2,5-6,22,24H,3-4H2,(H2,19,20,21,23). The van der Waals surface area contributed by atoms with E-state index in [0.717, 1.165) is 6.07 Å². The van der Waals surface area contributed by atoms with Gasteiger partial charge in [0.1, 0.15) is 0 Å². The van der Waals surface area contributed by atoms with Gasteiger partial charge >= 0.3 is 6.18 Å². The number of alkyl halides is 3. The Morgan fingerprint density at radius 2 is 1.83 bits per heavy atom. The van der Waals surface area contributed by atoms with Crippen LogP contribution in [0.2, 0.25) is 10.0 Å². The average molecular weight is 382 g/mol. The second-order valence-electron chi connectivity index (χ2n) is 4.48. The highest BCUT2D eigenvalue weighted by Crippen LogP contribution is 2.30. The fourth-order valence-electron chi connectivity index (χ4n) is 1.63. The third kappa shape index (κ3) is 5.02. The van der Waals surface area contributed by atoms with Crippen LogP contribution in [0.25, 0.3) is 0 Å². The summed E-state index contributed by atoms with van der Waals surface area (Å²) in [6.45, 7) is -0.266. The van der Waals surface area contributed by atoms with E-state index in [1.807, 2.05) is 0 Å². The number of benzene rings is 1. The lowest BCUT2D eigenvalue weighted by molar-refractivity contribution is -0.141. The number of nitrogens with one attached hydrogen (secondary N) is 3. The van der Waals surface area contributed by atoms with Gasteiger partial charge in [0.05, 0.1) is 17.3 Å². The third-order valence-electron chi connectivity index (χ3n) is 2.67. The molecule has 0 unspecified atom stereocenters. The molecule has 0 amide bonds. The van der Waals surface area contributed by atoms with Gasteiger partial charge < -0.3 is 10.4 Å². The van der Waals surface area contributed by atoms with E-state index in [1.54, 1.807) is 12.1 Å². The molecule has 24 heavy (non-hydrogen) atoms. The molecule has 6 nitrogen and oxygen atoms in total. The van der Waals surface area contributed by atoms with Crippen LogP contribution in [0.5, 0.6) is 0 Å². The van der Waals surface area contributed by atoms with Crippen molar-refractivity contribution in [2.24, 2.45) is 0 Å². The smallest absolute Gasteiger partial charge is 0.395 e. The van der Waals surface area contributed by atoms with Crippen molar-refractivity contribution in [1.29, 1.82) is 0 Å². The lowest BCUT2D eigenvalue weighted by Gasteiger charge is -2.14.